The first-order valence-corrected chi connectivity index (χ1v) is 7.57. The van der Waals surface area contributed by atoms with Gasteiger partial charge in [0, 0.05) is 6.07 Å². The van der Waals surface area contributed by atoms with Gasteiger partial charge in [-0.05, 0) is 34.1 Å². The molecule has 1 aromatic carbocycles. The van der Waals surface area contributed by atoms with Crippen LogP contribution in [0.15, 0.2) is 38.2 Å². The lowest BCUT2D eigenvalue weighted by Gasteiger charge is -2.08. The van der Waals surface area contributed by atoms with E-state index in [9.17, 15) is 17.2 Å². The zero-order valence-electron chi connectivity index (χ0n) is 9.86. The highest BCUT2D eigenvalue weighted by Gasteiger charge is 2.21. The Morgan fingerprint density at radius 1 is 1.25 bits per heavy atom. The van der Waals surface area contributed by atoms with Gasteiger partial charge in [-0.3, -0.25) is 4.72 Å². The monoisotopic (exact) mass is 366 g/mol. The fraction of sp³-hybridized carbons (Fsp3) is 0.0909. The Morgan fingerprint density at radius 2 is 1.95 bits per heavy atom. The van der Waals surface area contributed by atoms with E-state index in [-0.39, 0.29) is 16.8 Å². The molecule has 0 radical (unpaired) electrons. The average molecular weight is 367 g/mol. The van der Waals surface area contributed by atoms with E-state index in [0.717, 1.165) is 6.07 Å². The van der Waals surface area contributed by atoms with Gasteiger partial charge < -0.3 is 10.2 Å². The Bertz CT molecular complexity index is 746. The summed E-state index contributed by atoms with van der Waals surface area (Å²) in [6, 6.07) is 4.14. The van der Waals surface area contributed by atoms with Crippen LogP contribution in [0.2, 0.25) is 0 Å². The molecular weight excluding hydrogens is 358 g/mol. The molecule has 3 N–H and O–H groups in total. The number of hydrogen-bond acceptors (Lipinski definition) is 4. The van der Waals surface area contributed by atoms with Gasteiger partial charge in [0.2, 0.25) is 5.09 Å². The van der Waals surface area contributed by atoms with Gasteiger partial charge in [-0.2, -0.15) is 8.42 Å². The minimum Gasteiger partial charge on any atom is -0.446 e. The second-order valence-electron chi connectivity index (χ2n) is 3.78. The third kappa shape index (κ3) is 3.00. The summed E-state index contributed by atoms with van der Waals surface area (Å²) < 4.78 is 57.4. The van der Waals surface area contributed by atoms with Crippen LogP contribution in [0.3, 0.4) is 0 Å². The summed E-state index contributed by atoms with van der Waals surface area (Å²) in [5, 5.41) is -0.405. The predicted molar refractivity (Wildman–Crippen MR) is 71.5 cm³/mol. The van der Waals surface area contributed by atoms with E-state index in [1.165, 1.54) is 12.1 Å². The van der Waals surface area contributed by atoms with E-state index >= 15 is 0 Å². The Balaban J connectivity index is 2.35. The molecule has 2 aromatic rings. The van der Waals surface area contributed by atoms with E-state index in [2.05, 4.69) is 15.9 Å². The number of halogens is 3. The van der Waals surface area contributed by atoms with Crippen LogP contribution in [-0.2, 0) is 16.6 Å². The highest BCUT2D eigenvalue weighted by molar-refractivity contribution is 9.10. The van der Waals surface area contributed by atoms with Crippen LogP contribution in [0.5, 0.6) is 0 Å². The molecule has 1 aromatic heterocycles. The lowest BCUT2D eigenvalue weighted by molar-refractivity contribution is 0.417. The van der Waals surface area contributed by atoms with Crippen molar-refractivity contribution in [1.82, 2.24) is 0 Å². The molecule has 0 bridgehead atoms. The van der Waals surface area contributed by atoms with Gasteiger partial charge in [0.1, 0.15) is 17.4 Å². The molecule has 0 fully saturated rings. The number of benzene rings is 1. The van der Waals surface area contributed by atoms with Crippen molar-refractivity contribution in [3.8, 4) is 0 Å². The molecule has 0 amide bonds. The fourth-order valence-corrected chi connectivity index (χ4v) is 2.76. The maximum atomic E-state index is 13.5. The Hall–Kier alpha value is -1.45. The molecule has 0 unspecified atom stereocenters. The summed E-state index contributed by atoms with van der Waals surface area (Å²) in [5.41, 5.74) is 4.90. The van der Waals surface area contributed by atoms with Crippen molar-refractivity contribution in [3.05, 3.63) is 46.1 Å². The number of sulfonamides is 1. The molecule has 0 saturated carbocycles. The van der Waals surface area contributed by atoms with Gasteiger partial charge in [-0.15, -0.1) is 0 Å². The fourth-order valence-electron chi connectivity index (χ4n) is 1.41. The van der Waals surface area contributed by atoms with Gasteiger partial charge in [0.15, 0.2) is 0 Å². The van der Waals surface area contributed by atoms with E-state index in [4.69, 9.17) is 10.2 Å². The van der Waals surface area contributed by atoms with E-state index < -0.39 is 32.4 Å². The van der Waals surface area contributed by atoms with E-state index in [1.807, 2.05) is 4.72 Å². The Morgan fingerprint density at radius 3 is 2.55 bits per heavy atom. The molecule has 0 aliphatic heterocycles. The number of anilines is 1. The first-order valence-electron chi connectivity index (χ1n) is 5.29. The van der Waals surface area contributed by atoms with Crippen molar-refractivity contribution in [1.29, 1.82) is 0 Å². The minimum atomic E-state index is -4.11. The second-order valence-corrected chi connectivity index (χ2v) is 6.24. The lowest BCUT2D eigenvalue weighted by atomic mass is 10.3. The second kappa shape index (κ2) is 5.51. The quantitative estimate of drug-likeness (QED) is 0.814. The van der Waals surface area contributed by atoms with Crippen molar-refractivity contribution in [2.75, 3.05) is 4.72 Å². The summed E-state index contributed by atoms with van der Waals surface area (Å²) in [4.78, 5) is 0. The number of nitrogens with one attached hydrogen (secondary N) is 1. The maximum absolute atomic E-state index is 13.5. The summed E-state index contributed by atoms with van der Waals surface area (Å²) in [6.07, 6.45) is 0. The van der Waals surface area contributed by atoms with E-state index in [1.54, 1.807) is 0 Å². The van der Waals surface area contributed by atoms with Crippen molar-refractivity contribution < 1.29 is 21.6 Å². The molecule has 0 aliphatic carbocycles. The zero-order chi connectivity index (χ0) is 14.9. The van der Waals surface area contributed by atoms with Crippen molar-refractivity contribution in [2.24, 2.45) is 5.73 Å². The molecular formula is C11H9BrF2N2O3S. The van der Waals surface area contributed by atoms with Crippen molar-refractivity contribution in [2.45, 2.75) is 11.6 Å². The third-order valence-electron chi connectivity index (χ3n) is 2.36. The Labute approximate surface area is 121 Å². The molecule has 5 nitrogen and oxygen atoms in total. The molecule has 108 valence electrons. The SMILES string of the molecule is NCc1ccc(S(=O)(=O)Nc2cc(Br)c(F)cc2F)o1. The molecule has 0 aliphatic rings. The summed E-state index contributed by atoms with van der Waals surface area (Å²) >= 11 is 2.84. The van der Waals surface area contributed by atoms with Crippen LogP contribution in [0.4, 0.5) is 14.5 Å². The average Bonchev–Trinajstić information content (AvgIpc) is 2.85. The Kier molecular flexibility index (Phi) is 4.11. The van der Waals surface area contributed by atoms with E-state index in [0.29, 0.717) is 6.07 Å². The molecule has 1 heterocycles. The summed E-state index contributed by atoms with van der Waals surface area (Å²) in [7, 11) is -4.11. The zero-order valence-corrected chi connectivity index (χ0v) is 12.3. The van der Waals surface area contributed by atoms with Gasteiger partial charge in [0.05, 0.1) is 16.7 Å². The first kappa shape index (κ1) is 14.9. The molecule has 9 heteroatoms. The summed E-state index contributed by atoms with van der Waals surface area (Å²) in [5.74, 6) is -1.61. The van der Waals surface area contributed by atoms with Crippen molar-refractivity contribution >= 4 is 31.6 Å². The van der Waals surface area contributed by atoms with Gasteiger partial charge in [-0.25, -0.2) is 8.78 Å². The van der Waals surface area contributed by atoms with Gasteiger partial charge >= 0.3 is 0 Å². The molecule has 20 heavy (non-hydrogen) atoms. The molecule has 2 rings (SSSR count). The highest BCUT2D eigenvalue weighted by Crippen LogP contribution is 2.26. The lowest BCUT2D eigenvalue weighted by Crippen LogP contribution is -2.13. The predicted octanol–water partition coefficient (Wildman–Crippen LogP) is 2.58. The van der Waals surface area contributed by atoms with Gasteiger partial charge in [-0.1, -0.05) is 0 Å². The van der Waals surface area contributed by atoms with Crippen LogP contribution < -0.4 is 10.5 Å². The van der Waals surface area contributed by atoms with Crippen LogP contribution in [-0.4, -0.2) is 8.42 Å². The molecule has 0 spiro atoms. The van der Waals surface area contributed by atoms with Gasteiger partial charge in [0.25, 0.3) is 10.0 Å². The van der Waals surface area contributed by atoms with Crippen LogP contribution in [0.1, 0.15) is 5.76 Å². The third-order valence-corrected chi connectivity index (χ3v) is 4.20. The standard InChI is InChI=1S/C11H9BrF2N2O3S/c12-7-3-10(9(14)4-8(7)13)16-20(17,18)11-2-1-6(5-15)19-11/h1-4,16H,5,15H2. The van der Waals surface area contributed by atoms with Crippen LogP contribution in [0, 0.1) is 11.6 Å². The number of hydrogen-bond donors (Lipinski definition) is 2. The number of furan rings is 1. The topological polar surface area (TPSA) is 85.3 Å². The number of nitrogens with two attached hydrogens (primary N) is 1. The summed E-state index contributed by atoms with van der Waals surface area (Å²) in [6.45, 7) is 0.0337. The van der Waals surface area contributed by atoms with Crippen molar-refractivity contribution in [3.63, 3.8) is 0 Å². The first-order chi connectivity index (χ1) is 9.33. The minimum absolute atomic E-state index is 0.0337. The highest BCUT2D eigenvalue weighted by atomic mass is 79.9. The smallest absolute Gasteiger partial charge is 0.295 e. The maximum Gasteiger partial charge on any atom is 0.295 e. The molecule has 0 atom stereocenters. The normalized spacial score (nSPS) is 11.6. The largest absolute Gasteiger partial charge is 0.446 e. The van der Waals surface area contributed by atoms with Crippen LogP contribution in [0.25, 0.3) is 0 Å². The van der Waals surface area contributed by atoms with Crippen LogP contribution >= 0.6 is 15.9 Å². The number of rotatable bonds is 4. The molecule has 0 saturated heterocycles.